The Kier molecular flexibility index (Phi) is 5.84. The fourth-order valence-corrected chi connectivity index (χ4v) is 2.38. The first-order chi connectivity index (χ1) is 11.9. The fraction of sp³-hybridized carbons (Fsp3) is 0.0625. The highest BCUT2D eigenvalue weighted by molar-refractivity contribution is 7.85. The topological polar surface area (TPSA) is 132 Å². The lowest BCUT2D eigenvalue weighted by atomic mass is 10.2. The van der Waals surface area contributed by atoms with Crippen molar-refractivity contribution in [1.82, 2.24) is 10.3 Å². The molecule has 0 unspecified atom stereocenters. The number of pyridine rings is 1. The summed E-state index contributed by atoms with van der Waals surface area (Å²) in [6.45, 7) is 0.380. The summed E-state index contributed by atoms with van der Waals surface area (Å²) in [5.41, 5.74) is 0.812. The molecule has 0 bridgehead atoms. The predicted octanol–water partition coefficient (Wildman–Crippen LogP) is 1.46. The van der Waals surface area contributed by atoms with E-state index >= 15 is 0 Å². The maximum atomic E-state index is 12.1. The van der Waals surface area contributed by atoms with Crippen molar-refractivity contribution in [3.8, 4) is 6.07 Å². The summed E-state index contributed by atoms with van der Waals surface area (Å²) in [6, 6.07) is 10.4. The van der Waals surface area contributed by atoms with E-state index in [4.69, 9.17) is 9.81 Å². The van der Waals surface area contributed by atoms with E-state index in [1.807, 2.05) is 6.07 Å². The Balaban J connectivity index is 2.05. The number of carbonyl (C=O) groups is 1. The lowest BCUT2D eigenvalue weighted by molar-refractivity contribution is -0.112. The van der Waals surface area contributed by atoms with Crippen LogP contribution >= 0.6 is 0 Å². The van der Waals surface area contributed by atoms with E-state index in [9.17, 15) is 13.2 Å². The van der Waals surface area contributed by atoms with Crippen molar-refractivity contribution in [3.05, 3.63) is 66.1 Å². The van der Waals surface area contributed by atoms with Gasteiger partial charge in [-0.25, -0.2) is 0 Å². The Bertz CT molecular complexity index is 934. The smallest absolute Gasteiger partial charge is 0.294 e. The molecule has 0 atom stereocenters. The molecule has 0 saturated carbocycles. The van der Waals surface area contributed by atoms with E-state index in [2.05, 4.69) is 15.6 Å². The van der Waals surface area contributed by atoms with Crippen LogP contribution in [-0.4, -0.2) is 23.9 Å². The first kappa shape index (κ1) is 18.1. The Morgan fingerprint density at radius 2 is 2.12 bits per heavy atom. The summed E-state index contributed by atoms with van der Waals surface area (Å²) in [5.74, 6) is -0.714. The van der Waals surface area contributed by atoms with E-state index in [-0.39, 0.29) is 16.2 Å². The van der Waals surface area contributed by atoms with Crippen molar-refractivity contribution in [2.24, 2.45) is 0 Å². The number of rotatable bonds is 6. The minimum Gasteiger partial charge on any atom is -0.386 e. The summed E-state index contributed by atoms with van der Waals surface area (Å²) >= 11 is 0. The van der Waals surface area contributed by atoms with Crippen LogP contribution in [0.15, 0.2) is 65.5 Å². The van der Waals surface area contributed by atoms with Gasteiger partial charge in [0.15, 0.2) is 0 Å². The molecule has 0 aliphatic rings. The number of nitriles is 1. The molecule has 2 rings (SSSR count). The molecular weight excluding hydrogens is 344 g/mol. The predicted molar refractivity (Wildman–Crippen MR) is 89.7 cm³/mol. The highest BCUT2D eigenvalue weighted by atomic mass is 32.2. The number of nitrogens with zero attached hydrogens (tertiary/aromatic N) is 2. The summed E-state index contributed by atoms with van der Waals surface area (Å²) in [5, 5.41) is 14.3. The summed E-state index contributed by atoms with van der Waals surface area (Å²) < 4.78 is 31.2. The molecule has 0 radical (unpaired) electrons. The van der Waals surface area contributed by atoms with Gasteiger partial charge in [0.05, 0.1) is 4.90 Å². The highest BCUT2D eigenvalue weighted by Crippen LogP contribution is 2.15. The van der Waals surface area contributed by atoms with Gasteiger partial charge in [0.25, 0.3) is 16.0 Å². The average molecular weight is 358 g/mol. The third kappa shape index (κ3) is 5.42. The Morgan fingerprint density at radius 3 is 2.76 bits per heavy atom. The summed E-state index contributed by atoms with van der Waals surface area (Å²) in [7, 11) is -4.38. The second kappa shape index (κ2) is 8.05. The lowest BCUT2D eigenvalue weighted by Gasteiger charge is -2.06. The molecule has 0 aliphatic heterocycles. The highest BCUT2D eigenvalue weighted by Gasteiger charge is 2.13. The quantitative estimate of drug-likeness (QED) is 0.404. The molecule has 1 amide bonds. The average Bonchev–Trinajstić information content (AvgIpc) is 2.59. The van der Waals surface area contributed by atoms with Crippen LogP contribution in [-0.2, 0) is 21.5 Å². The van der Waals surface area contributed by atoms with E-state index in [1.54, 1.807) is 24.5 Å². The summed E-state index contributed by atoms with van der Waals surface area (Å²) in [6.07, 6.45) is 4.54. The Labute approximate surface area is 144 Å². The lowest BCUT2D eigenvalue weighted by Crippen LogP contribution is -2.17. The monoisotopic (exact) mass is 358 g/mol. The largest absolute Gasteiger partial charge is 0.386 e. The number of nitrogens with one attached hydrogen (secondary N) is 2. The molecule has 1 aromatic heterocycles. The fourth-order valence-electron chi connectivity index (χ4n) is 1.85. The maximum Gasteiger partial charge on any atom is 0.294 e. The standard InChI is InChI=1S/C16H14N4O4S/c17-8-13(11-19-10-12-3-2-6-18-9-12)16(21)20-14-4-1-5-15(7-14)25(22,23)24/h1-7,9,11,19H,10H2,(H,20,21)(H,22,23,24)/b13-11-. The molecule has 3 N–H and O–H groups in total. The van der Waals surface area contributed by atoms with Crippen LogP contribution in [0.2, 0.25) is 0 Å². The molecule has 0 fully saturated rings. The van der Waals surface area contributed by atoms with Crippen molar-refractivity contribution in [3.63, 3.8) is 0 Å². The van der Waals surface area contributed by atoms with E-state index < -0.39 is 16.0 Å². The second-order valence-corrected chi connectivity index (χ2v) is 6.29. The van der Waals surface area contributed by atoms with Gasteiger partial charge in [0.1, 0.15) is 11.6 Å². The molecule has 8 nitrogen and oxygen atoms in total. The minimum atomic E-state index is -4.38. The number of amides is 1. The molecular formula is C16H14N4O4S. The van der Waals surface area contributed by atoms with Crippen molar-refractivity contribution in [1.29, 1.82) is 5.26 Å². The number of anilines is 1. The van der Waals surface area contributed by atoms with Crippen LogP contribution in [0.4, 0.5) is 5.69 Å². The van der Waals surface area contributed by atoms with Gasteiger partial charge >= 0.3 is 0 Å². The van der Waals surface area contributed by atoms with Gasteiger partial charge in [-0.3, -0.25) is 14.3 Å². The zero-order chi connectivity index (χ0) is 18.3. The zero-order valence-electron chi connectivity index (χ0n) is 12.9. The van der Waals surface area contributed by atoms with Gasteiger partial charge < -0.3 is 10.6 Å². The van der Waals surface area contributed by atoms with Crippen LogP contribution in [0.1, 0.15) is 5.56 Å². The molecule has 1 aromatic carbocycles. The Hall–Kier alpha value is -3.22. The van der Waals surface area contributed by atoms with Crippen molar-refractivity contribution >= 4 is 21.7 Å². The van der Waals surface area contributed by atoms with Gasteiger partial charge in [0.2, 0.25) is 0 Å². The van der Waals surface area contributed by atoms with Crippen LogP contribution in [0.25, 0.3) is 0 Å². The summed E-state index contributed by atoms with van der Waals surface area (Å²) in [4.78, 5) is 15.7. The van der Waals surface area contributed by atoms with Crippen molar-refractivity contribution in [2.45, 2.75) is 11.4 Å². The zero-order valence-corrected chi connectivity index (χ0v) is 13.7. The number of hydrogen-bond acceptors (Lipinski definition) is 6. The molecule has 9 heteroatoms. The molecule has 0 spiro atoms. The molecule has 128 valence electrons. The number of aromatic nitrogens is 1. The first-order valence-electron chi connectivity index (χ1n) is 7.01. The molecule has 2 aromatic rings. The van der Waals surface area contributed by atoms with Gasteiger partial charge in [-0.15, -0.1) is 0 Å². The van der Waals surface area contributed by atoms with Crippen molar-refractivity contribution < 1.29 is 17.8 Å². The van der Waals surface area contributed by atoms with Crippen LogP contribution < -0.4 is 10.6 Å². The Morgan fingerprint density at radius 1 is 1.32 bits per heavy atom. The molecule has 0 saturated heterocycles. The first-order valence-corrected chi connectivity index (χ1v) is 8.45. The maximum absolute atomic E-state index is 12.1. The number of hydrogen-bond donors (Lipinski definition) is 3. The molecule has 25 heavy (non-hydrogen) atoms. The van der Waals surface area contributed by atoms with E-state index in [0.29, 0.717) is 6.54 Å². The van der Waals surface area contributed by atoms with E-state index in [1.165, 1.54) is 24.4 Å². The molecule has 1 heterocycles. The normalized spacial score (nSPS) is 11.4. The van der Waals surface area contributed by atoms with Crippen molar-refractivity contribution in [2.75, 3.05) is 5.32 Å². The third-order valence-electron chi connectivity index (χ3n) is 3.03. The number of benzene rings is 1. The second-order valence-electron chi connectivity index (χ2n) is 4.87. The van der Waals surface area contributed by atoms with Crippen LogP contribution in [0.5, 0.6) is 0 Å². The van der Waals surface area contributed by atoms with E-state index in [0.717, 1.165) is 11.6 Å². The van der Waals surface area contributed by atoms with Gasteiger partial charge in [-0.05, 0) is 29.8 Å². The number of carbonyl (C=O) groups excluding carboxylic acids is 1. The van der Waals surface area contributed by atoms with Gasteiger partial charge in [-0.1, -0.05) is 12.1 Å². The van der Waals surface area contributed by atoms with Gasteiger partial charge in [-0.2, -0.15) is 13.7 Å². The van der Waals surface area contributed by atoms with Crippen LogP contribution in [0.3, 0.4) is 0 Å². The van der Waals surface area contributed by atoms with Gasteiger partial charge in [0, 0.05) is 30.8 Å². The SMILES string of the molecule is N#C/C(=C/NCc1cccnc1)C(=O)Nc1cccc(S(=O)(=O)O)c1. The van der Waals surface area contributed by atoms with Crippen LogP contribution in [0, 0.1) is 11.3 Å². The molecule has 0 aliphatic carbocycles. The third-order valence-corrected chi connectivity index (χ3v) is 3.88. The minimum absolute atomic E-state index is 0.133.